The lowest BCUT2D eigenvalue weighted by Crippen LogP contribution is -2.48. The molecule has 3 aromatic rings. The smallest absolute Gasteiger partial charge is 0.270 e. The number of hydrogen-bond donors (Lipinski definition) is 1. The van der Waals surface area contributed by atoms with Crippen LogP contribution >= 0.6 is 0 Å². The summed E-state index contributed by atoms with van der Waals surface area (Å²) in [6.45, 7) is 6.41. The molecule has 0 atom stereocenters. The summed E-state index contributed by atoms with van der Waals surface area (Å²) in [4.78, 5) is 20.4. The van der Waals surface area contributed by atoms with Crippen LogP contribution < -0.4 is 0 Å². The van der Waals surface area contributed by atoms with Crippen LogP contribution in [0.3, 0.4) is 0 Å². The molecule has 4 rings (SSSR count). The molecule has 1 aliphatic heterocycles. The monoisotopic (exact) mass is 333 g/mol. The molecule has 1 aliphatic rings. The fraction of sp³-hybridized carbons (Fsp3) is 0.286. The first-order valence-corrected chi connectivity index (χ1v) is 8.84. The fourth-order valence-electron chi connectivity index (χ4n) is 3.48. The standard InChI is InChI=1S/C21H23N3O/c1-16-7-8-18-14-20(22-19(18)13-16)21(25)24-11-9-23(10-12-24)15-17-5-3-2-4-6-17/h2-8,13-14,22H,9-12,15H2,1H3. The van der Waals surface area contributed by atoms with E-state index in [0.29, 0.717) is 5.69 Å². The molecule has 2 heterocycles. The summed E-state index contributed by atoms with van der Waals surface area (Å²) >= 11 is 0. The summed E-state index contributed by atoms with van der Waals surface area (Å²) in [5.41, 5.74) is 4.25. The second kappa shape index (κ2) is 6.73. The van der Waals surface area contributed by atoms with E-state index in [9.17, 15) is 4.79 Å². The van der Waals surface area contributed by atoms with Gasteiger partial charge in [0.25, 0.3) is 5.91 Å². The maximum absolute atomic E-state index is 12.8. The molecule has 0 radical (unpaired) electrons. The molecule has 0 saturated carbocycles. The van der Waals surface area contributed by atoms with Crippen LogP contribution in [0.5, 0.6) is 0 Å². The fourth-order valence-corrected chi connectivity index (χ4v) is 3.48. The third-order valence-corrected chi connectivity index (χ3v) is 4.92. The Labute approximate surface area is 148 Å². The van der Waals surface area contributed by atoms with E-state index in [1.165, 1.54) is 11.1 Å². The van der Waals surface area contributed by atoms with Crippen molar-refractivity contribution in [3.63, 3.8) is 0 Å². The maximum atomic E-state index is 12.8. The quantitative estimate of drug-likeness (QED) is 0.797. The molecule has 1 saturated heterocycles. The zero-order valence-electron chi connectivity index (χ0n) is 14.5. The topological polar surface area (TPSA) is 39.3 Å². The highest BCUT2D eigenvalue weighted by Crippen LogP contribution is 2.19. The van der Waals surface area contributed by atoms with E-state index in [4.69, 9.17) is 0 Å². The number of benzene rings is 2. The van der Waals surface area contributed by atoms with Crippen LogP contribution in [0.2, 0.25) is 0 Å². The normalized spacial score (nSPS) is 15.6. The van der Waals surface area contributed by atoms with E-state index in [2.05, 4.69) is 59.3 Å². The third-order valence-electron chi connectivity index (χ3n) is 4.92. The van der Waals surface area contributed by atoms with Gasteiger partial charge < -0.3 is 9.88 Å². The first-order valence-electron chi connectivity index (χ1n) is 8.84. The molecular weight excluding hydrogens is 310 g/mol. The van der Waals surface area contributed by atoms with Gasteiger partial charge in [0, 0.05) is 43.6 Å². The molecule has 2 aromatic carbocycles. The lowest BCUT2D eigenvalue weighted by Gasteiger charge is -2.34. The second-order valence-electron chi connectivity index (χ2n) is 6.83. The summed E-state index contributed by atoms with van der Waals surface area (Å²) in [5.74, 6) is 0.105. The SMILES string of the molecule is Cc1ccc2cc(C(=O)N3CCN(Cc4ccccc4)CC3)[nH]c2c1. The van der Waals surface area contributed by atoms with Gasteiger partial charge in [0.15, 0.2) is 0 Å². The number of nitrogens with one attached hydrogen (secondary N) is 1. The predicted molar refractivity (Wildman–Crippen MR) is 101 cm³/mol. The third kappa shape index (κ3) is 3.44. The van der Waals surface area contributed by atoms with E-state index in [-0.39, 0.29) is 5.91 Å². The largest absolute Gasteiger partial charge is 0.351 e. The van der Waals surface area contributed by atoms with Crippen LogP contribution in [0.15, 0.2) is 54.6 Å². The molecule has 0 spiro atoms. The maximum Gasteiger partial charge on any atom is 0.270 e. The van der Waals surface area contributed by atoms with Gasteiger partial charge in [-0.05, 0) is 30.2 Å². The lowest BCUT2D eigenvalue weighted by atomic mass is 10.2. The number of carbonyl (C=O) groups is 1. The van der Waals surface area contributed by atoms with Crippen molar-refractivity contribution in [1.29, 1.82) is 0 Å². The van der Waals surface area contributed by atoms with Crippen molar-refractivity contribution in [3.05, 3.63) is 71.4 Å². The number of rotatable bonds is 3. The minimum atomic E-state index is 0.105. The summed E-state index contributed by atoms with van der Waals surface area (Å²) < 4.78 is 0. The molecular formula is C21H23N3O. The average Bonchev–Trinajstić information content (AvgIpc) is 3.06. The zero-order valence-corrected chi connectivity index (χ0v) is 14.5. The molecule has 128 valence electrons. The highest BCUT2D eigenvalue weighted by atomic mass is 16.2. The van der Waals surface area contributed by atoms with E-state index in [1.807, 2.05) is 17.0 Å². The predicted octanol–water partition coefficient (Wildman–Crippen LogP) is 3.43. The highest BCUT2D eigenvalue weighted by Gasteiger charge is 2.23. The number of amides is 1. The Hall–Kier alpha value is -2.59. The number of aromatic amines is 1. The molecule has 4 heteroatoms. The van der Waals surface area contributed by atoms with Crippen LogP contribution in [0.25, 0.3) is 10.9 Å². The van der Waals surface area contributed by atoms with Crippen LogP contribution in [-0.4, -0.2) is 46.9 Å². The van der Waals surface area contributed by atoms with Crippen molar-refractivity contribution in [1.82, 2.24) is 14.8 Å². The van der Waals surface area contributed by atoms with Gasteiger partial charge in [-0.2, -0.15) is 0 Å². The molecule has 25 heavy (non-hydrogen) atoms. The molecule has 0 aliphatic carbocycles. The van der Waals surface area contributed by atoms with Crippen molar-refractivity contribution in [2.45, 2.75) is 13.5 Å². The Bertz CT molecular complexity index is 877. The van der Waals surface area contributed by atoms with Crippen LogP contribution in [0.1, 0.15) is 21.6 Å². The zero-order chi connectivity index (χ0) is 17.2. The molecule has 0 bridgehead atoms. The summed E-state index contributed by atoms with van der Waals surface area (Å²) in [5, 5.41) is 1.09. The molecule has 0 unspecified atom stereocenters. The Morgan fingerprint density at radius 2 is 1.76 bits per heavy atom. The minimum Gasteiger partial charge on any atom is -0.351 e. The van der Waals surface area contributed by atoms with Gasteiger partial charge in [-0.25, -0.2) is 0 Å². The first-order chi connectivity index (χ1) is 12.2. The molecule has 1 amide bonds. The van der Waals surface area contributed by atoms with E-state index in [0.717, 1.165) is 43.6 Å². The number of nitrogens with zero attached hydrogens (tertiary/aromatic N) is 2. The number of fused-ring (bicyclic) bond motifs is 1. The number of piperazine rings is 1. The molecule has 1 aromatic heterocycles. The second-order valence-corrected chi connectivity index (χ2v) is 6.83. The van der Waals surface area contributed by atoms with Crippen LogP contribution in [-0.2, 0) is 6.54 Å². The highest BCUT2D eigenvalue weighted by molar-refractivity contribution is 5.98. The number of aryl methyl sites for hydroxylation is 1. The van der Waals surface area contributed by atoms with Crippen LogP contribution in [0.4, 0.5) is 0 Å². The number of H-pyrrole nitrogens is 1. The Morgan fingerprint density at radius 1 is 1.00 bits per heavy atom. The van der Waals surface area contributed by atoms with Crippen molar-refractivity contribution in [3.8, 4) is 0 Å². The average molecular weight is 333 g/mol. The Morgan fingerprint density at radius 3 is 2.52 bits per heavy atom. The van der Waals surface area contributed by atoms with Gasteiger partial charge in [-0.1, -0.05) is 42.5 Å². The van der Waals surface area contributed by atoms with Crippen molar-refractivity contribution < 1.29 is 4.79 Å². The van der Waals surface area contributed by atoms with Crippen molar-refractivity contribution >= 4 is 16.8 Å². The van der Waals surface area contributed by atoms with Gasteiger partial charge in [0.2, 0.25) is 0 Å². The van der Waals surface area contributed by atoms with Gasteiger partial charge in [0.1, 0.15) is 5.69 Å². The molecule has 4 nitrogen and oxygen atoms in total. The molecule has 1 fully saturated rings. The lowest BCUT2D eigenvalue weighted by molar-refractivity contribution is 0.0623. The minimum absolute atomic E-state index is 0.105. The number of carbonyl (C=O) groups excluding carboxylic acids is 1. The van der Waals surface area contributed by atoms with E-state index < -0.39 is 0 Å². The Kier molecular flexibility index (Phi) is 4.28. The van der Waals surface area contributed by atoms with E-state index >= 15 is 0 Å². The first kappa shape index (κ1) is 15.9. The van der Waals surface area contributed by atoms with Gasteiger partial charge in [-0.3, -0.25) is 9.69 Å². The molecule has 1 N–H and O–H groups in total. The van der Waals surface area contributed by atoms with Gasteiger partial charge >= 0.3 is 0 Å². The summed E-state index contributed by atoms with van der Waals surface area (Å²) in [7, 11) is 0. The van der Waals surface area contributed by atoms with Crippen LogP contribution in [0, 0.1) is 6.92 Å². The van der Waals surface area contributed by atoms with Crippen molar-refractivity contribution in [2.75, 3.05) is 26.2 Å². The summed E-state index contributed by atoms with van der Waals surface area (Å²) in [6.07, 6.45) is 0. The summed E-state index contributed by atoms with van der Waals surface area (Å²) in [6, 6.07) is 18.7. The Balaban J connectivity index is 1.40. The van der Waals surface area contributed by atoms with Gasteiger partial charge in [-0.15, -0.1) is 0 Å². The number of hydrogen-bond acceptors (Lipinski definition) is 2. The van der Waals surface area contributed by atoms with Crippen molar-refractivity contribution in [2.24, 2.45) is 0 Å². The number of aromatic nitrogens is 1. The van der Waals surface area contributed by atoms with Gasteiger partial charge in [0.05, 0.1) is 0 Å². The van der Waals surface area contributed by atoms with E-state index in [1.54, 1.807) is 0 Å².